The summed E-state index contributed by atoms with van der Waals surface area (Å²) in [6.45, 7) is 1.68. The number of aryl methyl sites for hydroxylation is 2. The molecule has 9 heteroatoms. The summed E-state index contributed by atoms with van der Waals surface area (Å²) in [6, 6.07) is -0.555. The highest BCUT2D eigenvalue weighted by Gasteiger charge is 2.23. The first-order valence-electron chi connectivity index (χ1n) is 8.13. The third-order valence-corrected chi connectivity index (χ3v) is 6.60. The van der Waals surface area contributed by atoms with E-state index in [4.69, 9.17) is 0 Å². The molecule has 0 spiro atoms. The standard InChI is InChI=1S/C16H20N4O3S2/c1-8(12(21)18-15(23)17-2)24-16-19-13-11(14(22)20(16)3)9-6-4-5-7-10(9)25-13/h8H,4-7H2,1-3H3,(H2,17,18,21,23). The molecule has 2 N–H and O–H groups in total. The molecular formula is C16H20N4O3S2. The number of fused-ring (bicyclic) bond motifs is 3. The molecule has 0 aliphatic heterocycles. The SMILES string of the molecule is CNC(=O)NC(=O)C(C)Sc1nc2sc3c(c2c(=O)n1C)CCCC3. The molecule has 2 heterocycles. The molecule has 0 saturated carbocycles. The van der Waals surface area contributed by atoms with Crippen molar-refractivity contribution in [1.29, 1.82) is 0 Å². The molecular weight excluding hydrogens is 360 g/mol. The zero-order valence-corrected chi connectivity index (χ0v) is 16.0. The zero-order chi connectivity index (χ0) is 18.1. The summed E-state index contributed by atoms with van der Waals surface area (Å²) < 4.78 is 1.50. The van der Waals surface area contributed by atoms with Crippen LogP contribution < -0.4 is 16.2 Å². The van der Waals surface area contributed by atoms with E-state index in [0.717, 1.165) is 41.5 Å². The molecule has 2 aromatic heterocycles. The van der Waals surface area contributed by atoms with Crippen LogP contribution >= 0.6 is 23.1 Å². The number of aromatic nitrogens is 2. The number of imide groups is 1. The van der Waals surface area contributed by atoms with Crippen molar-refractivity contribution < 1.29 is 9.59 Å². The summed E-state index contributed by atoms with van der Waals surface area (Å²) in [5.74, 6) is -0.427. The molecule has 0 radical (unpaired) electrons. The highest BCUT2D eigenvalue weighted by atomic mass is 32.2. The maximum atomic E-state index is 12.8. The highest BCUT2D eigenvalue weighted by molar-refractivity contribution is 8.00. The highest BCUT2D eigenvalue weighted by Crippen LogP contribution is 2.34. The normalized spacial score (nSPS) is 14.8. The number of nitrogens with one attached hydrogen (secondary N) is 2. The van der Waals surface area contributed by atoms with Crippen LogP contribution in [-0.2, 0) is 24.7 Å². The lowest BCUT2D eigenvalue weighted by molar-refractivity contribution is -0.119. The van der Waals surface area contributed by atoms with Gasteiger partial charge in [0.25, 0.3) is 5.56 Å². The topological polar surface area (TPSA) is 93.1 Å². The van der Waals surface area contributed by atoms with Crippen LogP contribution in [0.4, 0.5) is 4.79 Å². The van der Waals surface area contributed by atoms with Gasteiger partial charge in [-0.1, -0.05) is 11.8 Å². The van der Waals surface area contributed by atoms with Gasteiger partial charge in [-0.15, -0.1) is 11.3 Å². The Hall–Kier alpha value is -1.87. The van der Waals surface area contributed by atoms with Gasteiger partial charge in [0.2, 0.25) is 5.91 Å². The first kappa shape index (κ1) is 17.9. The minimum atomic E-state index is -0.555. The largest absolute Gasteiger partial charge is 0.341 e. The monoisotopic (exact) mass is 380 g/mol. The molecule has 0 bridgehead atoms. The minimum Gasteiger partial charge on any atom is -0.341 e. The predicted molar refractivity (Wildman–Crippen MR) is 99.4 cm³/mol. The van der Waals surface area contributed by atoms with Gasteiger partial charge < -0.3 is 5.32 Å². The van der Waals surface area contributed by atoms with Crippen LogP contribution in [0, 0.1) is 0 Å². The predicted octanol–water partition coefficient (Wildman–Crippen LogP) is 1.81. The number of amides is 3. The Balaban J connectivity index is 1.92. The number of thioether (sulfide) groups is 1. The van der Waals surface area contributed by atoms with Gasteiger partial charge in [-0.25, -0.2) is 9.78 Å². The molecule has 134 valence electrons. The summed E-state index contributed by atoms with van der Waals surface area (Å²) in [5, 5.41) is 5.24. The minimum absolute atomic E-state index is 0.0641. The van der Waals surface area contributed by atoms with Gasteiger partial charge >= 0.3 is 6.03 Å². The number of urea groups is 1. The van der Waals surface area contributed by atoms with Gasteiger partial charge in [-0.2, -0.15) is 0 Å². The first-order chi connectivity index (χ1) is 11.9. The van der Waals surface area contributed by atoms with Crippen LogP contribution in [0.25, 0.3) is 10.2 Å². The van der Waals surface area contributed by atoms with Gasteiger partial charge in [-0.05, 0) is 38.2 Å². The molecule has 1 unspecified atom stereocenters. The molecule has 1 aliphatic rings. The number of thiophene rings is 1. The maximum Gasteiger partial charge on any atom is 0.321 e. The number of carbonyl (C=O) groups is 2. The van der Waals surface area contributed by atoms with Crippen LogP contribution in [0.15, 0.2) is 9.95 Å². The van der Waals surface area contributed by atoms with Crippen molar-refractivity contribution in [2.24, 2.45) is 7.05 Å². The fourth-order valence-corrected chi connectivity index (χ4v) is 5.04. The molecule has 0 fully saturated rings. The van der Waals surface area contributed by atoms with Crippen molar-refractivity contribution in [3.05, 3.63) is 20.8 Å². The summed E-state index contributed by atoms with van der Waals surface area (Å²) in [5.41, 5.74) is 1.09. The molecule has 25 heavy (non-hydrogen) atoms. The molecule has 1 atom stereocenters. The lowest BCUT2D eigenvalue weighted by Crippen LogP contribution is -2.41. The van der Waals surface area contributed by atoms with Crippen LogP contribution in [0.5, 0.6) is 0 Å². The van der Waals surface area contributed by atoms with Crippen molar-refractivity contribution >= 4 is 45.3 Å². The third-order valence-electron chi connectivity index (χ3n) is 4.27. The lowest BCUT2D eigenvalue weighted by atomic mass is 9.97. The molecule has 3 rings (SSSR count). The lowest BCUT2D eigenvalue weighted by Gasteiger charge is -2.13. The number of nitrogens with zero attached hydrogens (tertiary/aromatic N) is 2. The average molecular weight is 380 g/mol. The van der Waals surface area contributed by atoms with E-state index in [1.54, 1.807) is 25.3 Å². The fourth-order valence-electron chi connectivity index (χ4n) is 2.86. The third kappa shape index (κ3) is 3.43. The molecule has 2 aromatic rings. The van der Waals surface area contributed by atoms with Crippen LogP contribution in [0.2, 0.25) is 0 Å². The Morgan fingerprint density at radius 1 is 1.32 bits per heavy atom. The zero-order valence-electron chi connectivity index (χ0n) is 14.3. The van der Waals surface area contributed by atoms with Crippen LogP contribution in [0.1, 0.15) is 30.2 Å². The second-order valence-electron chi connectivity index (χ2n) is 5.98. The molecule has 0 aromatic carbocycles. The van der Waals surface area contributed by atoms with Gasteiger partial charge in [0.1, 0.15) is 4.83 Å². The van der Waals surface area contributed by atoms with Gasteiger partial charge in [0.05, 0.1) is 10.6 Å². The summed E-state index contributed by atoms with van der Waals surface area (Å²) >= 11 is 2.76. The quantitative estimate of drug-likeness (QED) is 0.626. The molecule has 7 nitrogen and oxygen atoms in total. The number of rotatable bonds is 3. The van der Waals surface area contributed by atoms with Crippen molar-refractivity contribution in [1.82, 2.24) is 20.2 Å². The van der Waals surface area contributed by atoms with Crippen molar-refractivity contribution in [3.8, 4) is 0 Å². The van der Waals surface area contributed by atoms with Crippen LogP contribution in [-0.4, -0.2) is 33.8 Å². The summed E-state index contributed by atoms with van der Waals surface area (Å²) in [7, 11) is 3.12. The smallest absolute Gasteiger partial charge is 0.321 e. The average Bonchev–Trinajstić information content (AvgIpc) is 2.97. The Morgan fingerprint density at radius 3 is 2.76 bits per heavy atom. The number of hydrogen-bond donors (Lipinski definition) is 2. The second-order valence-corrected chi connectivity index (χ2v) is 8.37. The molecule has 0 saturated heterocycles. The van der Waals surface area contributed by atoms with Crippen molar-refractivity contribution in [2.45, 2.75) is 43.0 Å². The first-order valence-corrected chi connectivity index (χ1v) is 9.82. The Morgan fingerprint density at radius 2 is 2.04 bits per heavy atom. The van der Waals surface area contributed by atoms with Gasteiger partial charge in [0.15, 0.2) is 5.16 Å². The summed E-state index contributed by atoms with van der Waals surface area (Å²) in [6.07, 6.45) is 4.20. The Kier molecular flexibility index (Phi) is 5.14. The van der Waals surface area contributed by atoms with Crippen molar-refractivity contribution in [2.75, 3.05) is 7.05 Å². The molecule has 1 aliphatic carbocycles. The second kappa shape index (κ2) is 7.17. The van der Waals surface area contributed by atoms with E-state index in [-0.39, 0.29) is 5.56 Å². The van der Waals surface area contributed by atoms with E-state index >= 15 is 0 Å². The van der Waals surface area contributed by atoms with E-state index in [1.807, 2.05) is 0 Å². The van der Waals surface area contributed by atoms with E-state index in [9.17, 15) is 14.4 Å². The fraction of sp³-hybridized carbons (Fsp3) is 0.500. The van der Waals surface area contributed by atoms with E-state index in [1.165, 1.54) is 28.3 Å². The van der Waals surface area contributed by atoms with E-state index in [0.29, 0.717) is 5.16 Å². The van der Waals surface area contributed by atoms with Crippen molar-refractivity contribution in [3.63, 3.8) is 0 Å². The number of hydrogen-bond acceptors (Lipinski definition) is 6. The number of carbonyl (C=O) groups excluding carboxylic acids is 2. The summed E-state index contributed by atoms with van der Waals surface area (Å²) in [4.78, 5) is 42.7. The maximum absolute atomic E-state index is 12.8. The van der Waals surface area contributed by atoms with Gasteiger partial charge in [-0.3, -0.25) is 19.5 Å². The van der Waals surface area contributed by atoms with Crippen LogP contribution in [0.3, 0.4) is 0 Å². The Bertz CT molecular complexity index is 903. The molecule has 3 amide bonds. The van der Waals surface area contributed by atoms with E-state index < -0.39 is 17.2 Å². The van der Waals surface area contributed by atoms with Gasteiger partial charge in [0, 0.05) is 19.0 Å². The Labute approximate surface area is 153 Å². The van der Waals surface area contributed by atoms with E-state index in [2.05, 4.69) is 15.6 Å².